The molecule has 2 saturated carbocycles. The van der Waals surface area contributed by atoms with Gasteiger partial charge in [0.1, 0.15) is 18.8 Å². The Morgan fingerprint density at radius 3 is 2.55 bits per heavy atom. The molecule has 1 aromatic carbocycles. The second kappa shape index (κ2) is 14.2. The molecule has 2 amide bonds. The molecule has 244 valence electrons. The van der Waals surface area contributed by atoms with Crippen LogP contribution in [0.25, 0.3) is 0 Å². The van der Waals surface area contributed by atoms with Gasteiger partial charge in [-0.3, -0.25) is 9.59 Å². The highest BCUT2D eigenvalue weighted by molar-refractivity contribution is 5.96. The first-order chi connectivity index (χ1) is 21.2. The average molecular weight is 615 g/mol. The van der Waals surface area contributed by atoms with Crippen LogP contribution in [0.15, 0.2) is 23.8 Å². The summed E-state index contributed by atoms with van der Waals surface area (Å²) in [6, 6.07) is 2.55. The molecule has 1 aliphatic heterocycles. The van der Waals surface area contributed by atoms with Gasteiger partial charge in [0.15, 0.2) is 11.5 Å². The lowest BCUT2D eigenvalue weighted by Crippen LogP contribution is -2.58. The number of nitrogens with zero attached hydrogens (tertiary/aromatic N) is 1. The van der Waals surface area contributed by atoms with E-state index in [2.05, 4.69) is 26.1 Å². The molecule has 4 N–H and O–H groups in total. The lowest BCUT2D eigenvalue weighted by molar-refractivity contribution is -0.150. The Balaban J connectivity index is 1.49. The van der Waals surface area contributed by atoms with Crippen LogP contribution in [0.2, 0.25) is 0 Å². The zero-order valence-electron chi connectivity index (χ0n) is 26.5. The van der Waals surface area contributed by atoms with Gasteiger partial charge < -0.3 is 39.7 Å². The number of hydrogen-bond acceptors (Lipinski definition) is 8. The Hall–Kier alpha value is -2.66. The summed E-state index contributed by atoms with van der Waals surface area (Å²) in [6.45, 7) is 6.18. The lowest BCUT2D eigenvalue weighted by Gasteiger charge is -2.43. The third-order valence-corrected chi connectivity index (χ3v) is 10.2. The Morgan fingerprint density at radius 1 is 1.14 bits per heavy atom. The summed E-state index contributed by atoms with van der Waals surface area (Å²) >= 11 is 0. The number of fused-ring (bicyclic) bond motifs is 3. The summed E-state index contributed by atoms with van der Waals surface area (Å²) < 4.78 is 18.3. The smallest absolute Gasteiger partial charge is 0.249 e. The molecule has 7 atom stereocenters. The fourth-order valence-electron chi connectivity index (χ4n) is 7.94. The van der Waals surface area contributed by atoms with Crippen LogP contribution in [0.5, 0.6) is 11.5 Å². The summed E-state index contributed by atoms with van der Waals surface area (Å²) in [5.74, 6) is 0.961. The Labute approximate surface area is 260 Å². The van der Waals surface area contributed by atoms with Gasteiger partial charge >= 0.3 is 0 Å². The van der Waals surface area contributed by atoms with Crippen molar-refractivity contribution in [3.63, 3.8) is 0 Å². The number of amides is 2. The summed E-state index contributed by atoms with van der Waals surface area (Å²) in [7, 11) is 1.50. The van der Waals surface area contributed by atoms with E-state index in [1.807, 2.05) is 0 Å². The van der Waals surface area contributed by atoms with Gasteiger partial charge in [0, 0.05) is 23.7 Å². The monoisotopic (exact) mass is 614 g/mol. The van der Waals surface area contributed by atoms with Crippen molar-refractivity contribution < 1.29 is 39.1 Å². The van der Waals surface area contributed by atoms with E-state index in [4.69, 9.17) is 14.2 Å². The number of aliphatic hydroxyl groups excluding tert-OH is 3. The minimum Gasteiger partial charge on any atom is -0.493 e. The number of hydrogen-bond donors (Lipinski definition) is 4. The van der Waals surface area contributed by atoms with E-state index >= 15 is 0 Å². The van der Waals surface area contributed by atoms with Crippen LogP contribution in [-0.4, -0.2) is 89.3 Å². The zero-order chi connectivity index (χ0) is 31.5. The van der Waals surface area contributed by atoms with Crippen LogP contribution in [0.3, 0.4) is 0 Å². The number of carbonyl (C=O) groups is 2. The molecule has 2 fully saturated rings. The number of benzene rings is 1. The predicted molar refractivity (Wildman–Crippen MR) is 164 cm³/mol. The highest BCUT2D eigenvalue weighted by Crippen LogP contribution is 2.52. The standard InChI is InChI=1S/C34H50N2O8/c1-19(2)23-10-9-20(3)13-27(23)43-18-29(39)36(22-7-5-6-8-22)26-16-25(34(41)35-11-12-37)30-24-14-21(17-38)15-28(42-4)32(24)44-33(30)31(26)40/h14-16,19-20,22-23,26-27,30-31,33,37-38,40H,5-13,17-18H2,1-4H3,(H,35,41)/t20-,23+,26+,27-,30-,31-,33-/m0/s1. The van der Waals surface area contributed by atoms with Crippen molar-refractivity contribution in [3.8, 4) is 11.5 Å². The second-order valence-corrected chi connectivity index (χ2v) is 13.4. The first kappa shape index (κ1) is 32.7. The largest absolute Gasteiger partial charge is 0.493 e. The number of rotatable bonds is 11. The van der Waals surface area contributed by atoms with Crippen LogP contribution in [0.1, 0.15) is 82.8 Å². The van der Waals surface area contributed by atoms with Crippen molar-refractivity contribution in [2.24, 2.45) is 17.8 Å². The SMILES string of the molecule is COc1cc(CO)cc2c1O[C@@H]1[C@@H](O)[C@H](N(C(=O)CO[C@H]3C[C@@H](C)CC[C@@H]3C(C)C)C3CCCC3)C=C(C(=O)NCCO)[C@H]21. The quantitative estimate of drug-likeness (QED) is 0.299. The topological polar surface area (TPSA) is 138 Å². The van der Waals surface area contributed by atoms with Crippen molar-refractivity contribution in [3.05, 3.63) is 34.9 Å². The molecule has 0 spiro atoms. The van der Waals surface area contributed by atoms with Crippen LogP contribution in [0.4, 0.5) is 0 Å². The Kier molecular flexibility index (Phi) is 10.6. The van der Waals surface area contributed by atoms with Crippen molar-refractivity contribution in [2.75, 3.05) is 26.9 Å². The maximum atomic E-state index is 14.2. The molecule has 3 aliphatic carbocycles. The molecular weight excluding hydrogens is 564 g/mol. The minimum absolute atomic E-state index is 0.00463. The van der Waals surface area contributed by atoms with Crippen LogP contribution in [0, 0.1) is 17.8 Å². The normalized spacial score (nSPS) is 29.9. The number of aliphatic hydroxyl groups is 3. The third kappa shape index (κ3) is 6.50. The molecule has 0 unspecified atom stereocenters. The maximum Gasteiger partial charge on any atom is 0.249 e. The molecule has 10 nitrogen and oxygen atoms in total. The number of ether oxygens (including phenoxy) is 3. The molecular formula is C34H50N2O8. The fraction of sp³-hybridized carbons (Fsp3) is 0.706. The number of methoxy groups -OCH3 is 1. The van der Waals surface area contributed by atoms with Crippen molar-refractivity contribution in [1.29, 1.82) is 0 Å². The van der Waals surface area contributed by atoms with E-state index in [-0.39, 0.29) is 44.4 Å². The highest BCUT2D eigenvalue weighted by atomic mass is 16.5. The molecule has 4 aliphatic rings. The molecule has 0 bridgehead atoms. The first-order valence-electron chi connectivity index (χ1n) is 16.4. The van der Waals surface area contributed by atoms with Gasteiger partial charge in [0.25, 0.3) is 0 Å². The Morgan fingerprint density at radius 2 is 1.89 bits per heavy atom. The van der Waals surface area contributed by atoms with Crippen LogP contribution < -0.4 is 14.8 Å². The lowest BCUT2D eigenvalue weighted by atomic mass is 9.75. The van der Waals surface area contributed by atoms with Crippen molar-refractivity contribution >= 4 is 11.8 Å². The van der Waals surface area contributed by atoms with Crippen LogP contribution in [-0.2, 0) is 20.9 Å². The molecule has 0 saturated heterocycles. The van der Waals surface area contributed by atoms with Gasteiger partial charge in [-0.25, -0.2) is 0 Å². The summed E-state index contributed by atoms with van der Waals surface area (Å²) in [5.41, 5.74) is 1.58. The van der Waals surface area contributed by atoms with E-state index in [0.29, 0.717) is 46.0 Å². The van der Waals surface area contributed by atoms with Gasteiger partial charge in [0.05, 0.1) is 38.4 Å². The van der Waals surface area contributed by atoms with E-state index in [1.165, 1.54) is 13.5 Å². The van der Waals surface area contributed by atoms with E-state index in [9.17, 15) is 24.9 Å². The highest BCUT2D eigenvalue weighted by Gasteiger charge is 2.52. The molecule has 1 aromatic rings. The minimum atomic E-state index is -1.13. The first-order valence-corrected chi connectivity index (χ1v) is 16.4. The van der Waals surface area contributed by atoms with Gasteiger partial charge in [-0.05, 0) is 67.2 Å². The number of carbonyl (C=O) groups excluding carboxylic acids is 2. The zero-order valence-corrected chi connectivity index (χ0v) is 26.5. The van der Waals surface area contributed by atoms with Gasteiger partial charge in [-0.15, -0.1) is 0 Å². The second-order valence-electron chi connectivity index (χ2n) is 13.4. The molecule has 44 heavy (non-hydrogen) atoms. The van der Waals surface area contributed by atoms with Gasteiger partial charge in [0.2, 0.25) is 11.8 Å². The van der Waals surface area contributed by atoms with E-state index in [0.717, 1.165) is 38.5 Å². The maximum absolute atomic E-state index is 14.2. The molecule has 0 radical (unpaired) electrons. The molecule has 0 aromatic heterocycles. The van der Waals surface area contributed by atoms with Gasteiger partial charge in [-0.2, -0.15) is 0 Å². The van der Waals surface area contributed by atoms with Crippen LogP contribution >= 0.6 is 0 Å². The fourth-order valence-corrected chi connectivity index (χ4v) is 7.94. The summed E-state index contributed by atoms with van der Waals surface area (Å²) in [6.07, 6.45) is 6.49. The predicted octanol–water partition coefficient (Wildman–Crippen LogP) is 3.06. The summed E-state index contributed by atoms with van der Waals surface area (Å²) in [5, 5.41) is 34.0. The molecule has 10 heteroatoms. The average Bonchev–Trinajstić information content (AvgIpc) is 3.68. The van der Waals surface area contributed by atoms with Crippen molar-refractivity contribution in [2.45, 2.75) is 109 Å². The van der Waals surface area contributed by atoms with E-state index in [1.54, 1.807) is 23.1 Å². The third-order valence-electron chi connectivity index (χ3n) is 10.2. The molecule has 5 rings (SSSR count). The van der Waals surface area contributed by atoms with Gasteiger partial charge in [-0.1, -0.05) is 40.0 Å². The Bertz CT molecular complexity index is 1210. The van der Waals surface area contributed by atoms with E-state index < -0.39 is 30.1 Å². The molecule has 1 heterocycles. The van der Waals surface area contributed by atoms with Crippen molar-refractivity contribution in [1.82, 2.24) is 10.2 Å². The summed E-state index contributed by atoms with van der Waals surface area (Å²) in [4.78, 5) is 29.5. The number of nitrogens with one attached hydrogen (secondary N) is 1.